The number of carbonyl (C=O) groups is 2. The van der Waals surface area contributed by atoms with Gasteiger partial charge in [-0.2, -0.15) is 0 Å². The number of amides is 2. The van der Waals surface area contributed by atoms with Crippen molar-refractivity contribution in [2.24, 2.45) is 0 Å². The summed E-state index contributed by atoms with van der Waals surface area (Å²) in [4.78, 5) is 28.1. The fourth-order valence-electron chi connectivity index (χ4n) is 3.20. The van der Waals surface area contributed by atoms with E-state index in [1.165, 1.54) is 0 Å². The van der Waals surface area contributed by atoms with Crippen molar-refractivity contribution in [1.82, 2.24) is 9.80 Å². The minimum absolute atomic E-state index is 0.0128. The zero-order valence-electron chi connectivity index (χ0n) is 13.8. The summed E-state index contributed by atoms with van der Waals surface area (Å²) in [7, 11) is 1.76. The minimum Gasteiger partial charge on any atom is -0.492 e. The van der Waals surface area contributed by atoms with Crippen LogP contribution in [0.1, 0.15) is 19.8 Å². The van der Waals surface area contributed by atoms with E-state index in [2.05, 4.69) is 6.92 Å². The second kappa shape index (κ2) is 6.84. The van der Waals surface area contributed by atoms with Crippen molar-refractivity contribution in [2.75, 3.05) is 26.0 Å². The Balaban J connectivity index is 1.53. The Morgan fingerprint density at radius 1 is 1.46 bits per heavy atom. The summed E-state index contributed by atoms with van der Waals surface area (Å²) in [6.07, 6.45) is 1.36. The van der Waals surface area contributed by atoms with Gasteiger partial charge in [0.25, 0.3) is 0 Å². The fraction of sp³-hybridized carbons (Fsp3) is 0.529. The molecule has 2 fully saturated rings. The van der Waals surface area contributed by atoms with E-state index < -0.39 is 0 Å². The summed E-state index contributed by atoms with van der Waals surface area (Å²) in [6.45, 7) is 2.93. The van der Waals surface area contributed by atoms with Crippen LogP contribution in [-0.4, -0.2) is 58.5 Å². The molecule has 2 saturated heterocycles. The zero-order chi connectivity index (χ0) is 17.3. The lowest BCUT2D eigenvalue weighted by atomic mass is 10.2. The van der Waals surface area contributed by atoms with Crippen LogP contribution < -0.4 is 4.74 Å². The van der Waals surface area contributed by atoms with Crippen molar-refractivity contribution in [3.63, 3.8) is 0 Å². The number of benzene rings is 1. The molecular formula is C17H21ClN2O3S. The highest BCUT2D eigenvalue weighted by molar-refractivity contribution is 8.01. The standard InChI is InChI=1S/C17H21ClN2O3S/c1-17-8-7-15(21)20(17)14(11-24-17)16(22)19(2)9-10-23-13-5-3-12(18)4-6-13/h3-6,14H,7-11H2,1-2H3. The fourth-order valence-corrected chi connectivity index (χ4v) is 4.75. The lowest BCUT2D eigenvalue weighted by Gasteiger charge is -2.31. The first-order chi connectivity index (χ1) is 11.4. The van der Waals surface area contributed by atoms with Crippen LogP contribution >= 0.6 is 23.4 Å². The summed E-state index contributed by atoms with van der Waals surface area (Å²) in [6, 6.07) is 6.77. The van der Waals surface area contributed by atoms with Crippen LogP contribution in [0.25, 0.3) is 0 Å². The van der Waals surface area contributed by atoms with Crippen LogP contribution in [0.4, 0.5) is 0 Å². The smallest absolute Gasteiger partial charge is 0.246 e. The quantitative estimate of drug-likeness (QED) is 0.801. The van der Waals surface area contributed by atoms with E-state index in [4.69, 9.17) is 16.3 Å². The van der Waals surface area contributed by atoms with Crippen molar-refractivity contribution in [1.29, 1.82) is 0 Å². The Morgan fingerprint density at radius 2 is 2.17 bits per heavy atom. The second-order valence-corrected chi connectivity index (χ2v) is 8.27. The molecule has 2 unspecified atom stereocenters. The maximum absolute atomic E-state index is 12.7. The number of likely N-dealkylation sites (N-methyl/N-ethyl adjacent to an activating group) is 1. The molecule has 0 radical (unpaired) electrons. The summed E-state index contributed by atoms with van der Waals surface area (Å²) in [5.41, 5.74) is 0. The lowest BCUT2D eigenvalue weighted by molar-refractivity contribution is -0.143. The highest BCUT2D eigenvalue weighted by atomic mass is 35.5. The summed E-state index contributed by atoms with van der Waals surface area (Å²) in [5, 5.41) is 0.659. The Kier molecular flexibility index (Phi) is 4.97. The van der Waals surface area contributed by atoms with Gasteiger partial charge >= 0.3 is 0 Å². The molecule has 1 aromatic rings. The number of hydrogen-bond donors (Lipinski definition) is 0. The third-order valence-corrected chi connectivity index (χ3v) is 6.37. The molecule has 1 aromatic carbocycles. The van der Waals surface area contributed by atoms with Crippen molar-refractivity contribution in [3.05, 3.63) is 29.3 Å². The zero-order valence-corrected chi connectivity index (χ0v) is 15.4. The monoisotopic (exact) mass is 368 g/mol. The Labute approximate surface area is 151 Å². The molecular weight excluding hydrogens is 348 g/mol. The van der Waals surface area contributed by atoms with Gasteiger partial charge in [0.1, 0.15) is 18.4 Å². The van der Waals surface area contributed by atoms with Crippen LogP contribution in [0.3, 0.4) is 0 Å². The Hall–Kier alpha value is -1.40. The van der Waals surface area contributed by atoms with Crippen LogP contribution in [0.2, 0.25) is 5.02 Å². The largest absolute Gasteiger partial charge is 0.492 e. The van der Waals surface area contributed by atoms with Gasteiger partial charge in [-0.1, -0.05) is 11.6 Å². The van der Waals surface area contributed by atoms with Crippen molar-refractivity contribution >= 4 is 35.2 Å². The molecule has 3 rings (SSSR count). The van der Waals surface area contributed by atoms with Gasteiger partial charge in [0.05, 0.1) is 11.4 Å². The van der Waals surface area contributed by atoms with Crippen molar-refractivity contribution in [2.45, 2.75) is 30.7 Å². The summed E-state index contributed by atoms with van der Waals surface area (Å²) in [5.74, 6) is 1.47. The number of halogens is 1. The molecule has 2 amide bonds. The molecule has 0 spiro atoms. The predicted molar refractivity (Wildman–Crippen MR) is 95.3 cm³/mol. The van der Waals surface area contributed by atoms with E-state index in [-0.39, 0.29) is 22.7 Å². The normalized spacial score (nSPS) is 25.7. The van der Waals surface area contributed by atoms with Crippen LogP contribution in [0, 0.1) is 0 Å². The molecule has 24 heavy (non-hydrogen) atoms. The minimum atomic E-state index is -0.351. The van der Waals surface area contributed by atoms with E-state index >= 15 is 0 Å². The third kappa shape index (κ3) is 3.35. The molecule has 2 aliphatic rings. The average Bonchev–Trinajstić information content (AvgIpc) is 3.05. The number of nitrogens with zero attached hydrogens (tertiary/aromatic N) is 2. The molecule has 0 aromatic heterocycles. The number of ether oxygens (including phenoxy) is 1. The maximum atomic E-state index is 12.7. The van der Waals surface area contributed by atoms with Gasteiger partial charge in [-0.3, -0.25) is 9.59 Å². The number of carbonyl (C=O) groups excluding carboxylic acids is 2. The van der Waals surface area contributed by atoms with Gasteiger partial charge in [0.2, 0.25) is 11.8 Å². The molecule has 130 valence electrons. The molecule has 0 N–H and O–H groups in total. The molecule has 2 aliphatic heterocycles. The first-order valence-corrected chi connectivity index (χ1v) is 9.36. The van der Waals surface area contributed by atoms with Crippen molar-refractivity contribution < 1.29 is 14.3 Å². The highest BCUT2D eigenvalue weighted by Crippen LogP contribution is 2.47. The van der Waals surface area contributed by atoms with E-state index in [0.29, 0.717) is 30.3 Å². The summed E-state index contributed by atoms with van der Waals surface area (Å²) < 4.78 is 5.63. The molecule has 0 bridgehead atoms. The maximum Gasteiger partial charge on any atom is 0.246 e. The molecule has 5 nitrogen and oxygen atoms in total. The SMILES string of the molecule is CN(CCOc1ccc(Cl)cc1)C(=O)C1CSC2(C)CCC(=O)N12. The van der Waals surface area contributed by atoms with E-state index in [0.717, 1.165) is 12.2 Å². The van der Waals surface area contributed by atoms with Gasteiger partial charge < -0.3 is 14.5 Å². The number of fused-ring (bicyclic) bond motifs is 1. The number of hydrogen-bond acceptors (Lipinski definition) is 4. The average molecular weight is 369 g/mol. The Bertz CT molecular complexity index is 639. The topological polar surface area (TPSA) is 49.9 Å². The number of rotatable bonds is 5. The third-order valence-electron chi connectivity index (χ3n) is 4.62. The van der Waals surface area contributed by atoms with Crippen LogP contribution in [0.15, 0.2) is 24.3 Å². The van der Waals surface area contributed by atoms with Gasteiger partial charge in [-0.25, -0.2) is 0 Å². The van der Waals surface area contributed by atoms with Gasteiger partial charge in [-0.15, -0.1) is 11.8 Å². The van der Waals surface area contributed by atoms with E-state index in [1.54, 1.807) is 52.9 Å². The Morgan fingerprint density at radius 3 is 2.88 bits per heavy atom. The molecule has 0 aliphatic carbocycles. The molecule has 7 heteroatoms. The van der Waals surface area contributed by atoms with Crippen LogP contribution in [-0.2, 0) is 9.59 Å². The van der Waals surface area contributed by atoms with Crippen LogP contribution in [0.5, 0.6) is 5.75 Å². The van der Waals surface area contributed by atoms with Gasteiger partial charge in [0.15, 0.2) is 0 Å². The second-order valence-electron chi connectivity index (χ2n) is 6.33. The van der Waals surface area contributed by atoms with Gasteiger partial charge in [-0.05, 0) is 37.6 Å². The predicted octanol–water partition coefficient (Wildman–Crippen LogP) is 2.63. The molecule has 2 atom stereocenters. The lowest BCUT2D eigenvalue weighted by Crippen LogP contribution is -2.51. The van der Waals surface area contributed by atoms with Crippen molar-refractivity contribution in [3.8, 4) is 5.75 Å². The number of thioether (sulfide) groups is 1. The van der Waals surface area contributed by atoms with E-state index in [1.807, 2.05) is 0 Å². The highest BCUT2D eigenvalue weighted by Gasteiger charge is 2.53. The molecule has 2 heterocycles. The summed E-state index contributed by atoms with van der Waals surface area (Å²) >= 11 is 7.54. The van der Waals surface area contributed by atoms with Gasteiger partial charge in [0, 0.05) is 24.2 Å². The van der Waals surface area contributed by atoms with E-state index in [9.17, 15) is 9.59 Å². The first-order valence-electron chi connectivity index (χ1n) is 8.00. The first kappa shape index (κ1) is 17.4. The molecule has 0 saturated carbocycles.